The number of nitrogens with zero attached hydrogens (tertiary/aromatic N) is 2. The van der Waals surface area contributed by atoms with E-state index in [1.807, 2.05) is 18.2 Å². The molecule has 0 radical (unpaired) electrons. The molecule has 2 N–H and O–H groups in total. The van der Waals surface area contributed by atoms with Crippen LogP contribution in [0.1, 0.15) is 0 Å². The van der Waals surface area contributed by atoms with Crippen molar-refractivity contribution >= 4 is 39.9 Å². The predicted octanol–water partition coefficient (Wildman–Crippen LogP) is 2.19. The fraction of sp³-hybridized carbons (Fsp3) is 0.182. The van der Waals surface area contributed by atoms with Gasteiger partial charge in [0.2, 0.25) is 11.9 Å². The van der Waals surface area contributed by atoms with Crippen molar-refractivity contribution < 1.29 is 19.4 Å². The smallest absolute Gasteiger partial charge is 0.313 e. The van der Waals surface area contributed by atoms with Crippen LogP contribution >= 0.6 is 23.1 Å². The third kappa shape index (κ3) is 2.94. The average Bonchev–Trinajstić information content (AvgIpc) is 3.04. The molecule has 0 fully saturated rings. The third-order valence-electron chi connectivity index (χ3n) is 2.35. The number of benzene rings is 1. The molecule has 7 nitrogen and oxygen atoms in total. The number of carboxylic acids is 1. The van der Waals surface area contributed by atoms with Crippen LogP contribution in [-0.2, 0) is 4.79 Å². The largest absolute Gasteiger partial charge is 0.481 e. The number of thioether (sulfide) groups is 1. The van der Waals surface area contributed by atoms with Crippen LogP contribution in [0.3, 0.4) is 0 Å². The van der Waals surface area contributed by atoms with E-state index in [1.54, 1.807) is 0 Å². The first kappa shape index (κ1) is 13.0. The summed E-state index contributed by atoms with van der Waals surface area (Å²) in [4.78, 5) is 10.5. The van der Waals surface area contributed by atoms with Crippen molar-refractivity contribution in [3.63, 3.8) is 0 Å². The number of ether oxygens (including phenoxy) is 2. The highest BCUT2D eigenvalue weighted by Crippen LogP contribution is 2.35. The van der Waals surface area contributed by atoms with Crippen molar-refractivity contribution in [2.45, 2.75) is 4.34 Å². The Kier molecular flexibility index (Phi) is 3.61. The zero-order valence-electron chi connectivity index (χ0n) is 10.0. The molecule has 0 spiro atoms. The van der Waals surface area contributed by atoms with E-state index in [9.17, 15) is 4.79 Å². The maximum Gasteiger partial charge on any atom is 0.313 e. The molecule has 0 aliphatic carbocycles. The van der Waals surface area contributed by atoms with Gasteiger partial charge in [0, 0.05) is 11.8 Å². The summed E-state index contributed by atoms with van der Waals surface area (Å²) < 4.78 is 11.1. The van der Waals surface area contributed by atoms with Gasteiger partial charge >= 0.3 is 5.97 Å². The maximum absolute atomic E-state index is 10.5. The minimum atomic E-state index is -0.879. The molecule has 0 unspecified atom stereocenters. The van der Waals surface area contributed by atoms with Gasteiger partial charge in [-0.2, -0.15) is 0 Å². The lowest BCUT2D eigenvalue weighted by molar-refractivity contribution is -0.133. The molecule has 1 aromatic heterocycles. The fourth-order valence-corrected chi connectivity index (χ4v) is 3.03. The zero-order valence-corrected chi connectivity index (χ0v) is 11.7. The number of hydrogen-bond donors (Lipinski definition) is 2. The molecular formula is C11H9N3O4S2. The monoisotopic (exact) mass is 311 g/mol. The van der Waals surface area contributed by atoms with Gasteiger partial charge in [-0.05, 0) is 12.1 Å². The van der Waals surface area contributed by atoms with E-state index in [1.165, 1.54) is 11.3 Å². The van der Waals surface area contributed by atoms with Gasteiger partial charge in [0.25, 0.3) is 0 Å². The lowest BCUT2D eigenvalue weighted by Crippen LogP contribution is -1.96. The highest BCUT2D eigenvalue weighted by atomic mass is 32.2. The van der Waals surface area contributed by atoms with Crippen LogP contribution in [0.25, 0.3) is 0 Å². The van der Waals surface area contributed by atoms with Gasteiger partial charge in [-0.15, -0.1) is 10.2 Å². The quantitative estimate of drug-likeness (QED) is 0.812. The topological polar surface area (TPSA) is 93.6 Å². The van der Waals surface area contributed by atoms with Gasteiger partial charge < -0.3 is 19.9 Å². The molecule has 0 atom stereocenters. The average molecular weight is 311 g/mol. The number of nitrogens with one attached hydrogen (secondary N) is 1. The number of rotatable bonds is 5. The van der Waals surface area contributed by atoms with E-state index in [-0.39, 0.29) is 12.5 Å². The number of carboxylic acid groups (broad SMARTS) is 1. The first-order valence-corrected chi connectivity index (χ1v) is 7.36. The second kappa shape index (κ2) is 5.55. The summed E-state index contributed by atoms with van der Waals surface area (Å²) in [5.74, 6) is 0.486. The number of aliphatic carboxylic acids is 1. The van der Waals surface area contributed by atoms with Crippen LogP contribution in [0.4, 0.5) is 10.8 Å². The molecule has 0 saturated carbocycles. The lowest BCUT2D eigenvalue weighted by atomic mass is 10.3. The molecule has 20 heavy (non-hydrogen) atoms. The van der Waals surface area contributed by atoms with E-state index in [2.05, 4.69) is 15.5 Å². The summed E-state index contributed by atoms with van der Waals surface area (Å²) >= 11 is 2.44. The molecule has 2 heterocycles. The number of aromatic nitrogens is 2. The van der Waals surface area contributed by atoms with Crippen LogP contribution in [0.2, 0.25) is 0 Å². The highest BCUT2D eigenvalue weighted by Gasteiger charge is 2.14. The first-order valence-electron chi connectivity index (χ1n) is 5.55. The molecule has 1 aromatic carbocycles. The van der Waals surface area contributed by atoms with Crippen molar-refractivity contribution in [3.8, 4) is 11.5 Å². The molecule has 1 aliphatic rings. The summed E-state index contributed by atoms with van der Waals surface area (Å²) in [6, 6.07) is 5.47. The van der Waals surface area contributed by atoms with Crippen molar-refractivity contribution in [3.05, 3.63) is 18.2 Å². The van der Waals surface area contributed by atoms with E-state index < -0.39 is 5.97 Å². The minimum absolute atomic E-state index is 0.0291. The molecule has 9 heteroatoms. The van der Waals surface area contributed by atoms with Crippen LogP contribution in [0.15, 0.2) is 22.5 Å². The number of hydrogen-bond acceptors (Lipinski definition) is 8. The highest BCUT2D eigenvalue weighted by molar-refractivity contribution is 8.01. The van der Waals surface area contributed by atoms with Gasteiger partial charge in [0.1, 0.15) is 0 Å². The Bertz CT molecular complexity index is 646. The molecule has 2 aromatic rings. The van der Waals surface area contributed by atoms with Crippen LogP contribution in [0.5, 0.6) is 11.5 Å². The van der Waals surface area contributed by atoms with Crippen LogP contribution in [0, 0.1) is 0 Å². The van der Waals surface area contributed by atoms with Crippen molar-refractivity contribution in [1.82, 2.24) is 10.2 Å². The second-order valence-corrected chi connectivity index (χ2v) is 5.95. The van der Waals surface area contributed by atoms with Crippen molar-refractivity contribution in [1.29, 1.82) is 0 Å². The Morgan fingerprint density at radius 3 is 3.10 bits per heavy atom. The fourth-order valence-electron chi connectivity index (χ4n) is 1.54. The SMILES string of the molecule is O=C(O)CSc1nnc(Nc2ccc3c(c2)OCO3)s1. The van der Waals surface area contributed by atoms with Gasteiger partial charge in [0.15, 0.2) is 15.8 Å². The molecule has 104 valence electrons. The Balaban J connectivity index is 1.67. The van der Waals surface area contributed by atoms with Gasteiger partial charge in [-0.25, -0.2) is 0 Å². The summed E-state index contributed by atoms with van der Waals surface area (Å²) in [5, 5.41) is 20.1. The normalized spacial score (nSPS) is 12.4. The van der Waals surface area contributed by atoms with Gasteiger partial charge in [-0.3, -0.25) is 4.79 Å². The summed E-state index contributed by atoms with van der Waals surface area (Å²) in [6.45, 7) is 0.230. The van der Waals surface area contributed by atoms with Crippen LogP contribution in [-0.4, -0.2) is 33.8 Å². The molecule has 3 rings (SSSR count). The minimum Gasteiger partial charge on any atom is -0.481 e. The van der Waals surface area contributed by atoms with Crippen molar-refractivity contribution in [2.24, 2.45) is 0 Å². The Morgan fingerprint density at radius 2 is 2.25 bits per heavy atom. The Hall–Kier alpha value is -2.00. The number of anilines is 2. The number of fused-ring (bicyclic) bond motifs is 1. The summed E-state index contributed by atoms with van der Waals surface area (Å²) in [6.07, 6.45) is 0. The maximum atomic E-state index is 10.5. The number of carbonyl (C=O) groups is 1. The van der Waals surface area contributed by atoms with E-state index >= 15 is 0 Å². The zero-order chi connectivity index (χ0) is 13.9. The first-order chi connectivity index (χ1) is 9.70. The Labute approximate surface area is 121 Å². The standard InChI is InChI=1S/C11H9N3O4S2/c15-9(16)4-19-11-14-13-10(20-11)12-6-1-2-7-8(3-6)18-5-17-7/h1-3H,4-5H2,(H,12,13)(H,15,16). The molecule has 0 bridgehead atoms. The summed E-state index contributed by atoms with van der Waals surface area (Å²) in [7, 11) is 0. The van der Waals surface area contributed by atoms with Gasteiger partial charge in [-0.1, -0.05) is 23.1 Å². The molecule has 0 amide bonds. The molecule has 0 saturated heterocycles. The van der Waals surface area contributed by atoms with Gasteiger partial charge in [0.05, 0.1) is 5.75 Å². The third-order valence-corrected chi connectivity index (χ3v) is 4.31. The molecule has 1 aliphatic heterocycles. The second-order valence-electron chi connectivity index (χ2n) is 3.75. The lowest BCUT2D eigenvalue weighted by Gasteiger charge is -2.02. The van der Waals surface area contributed by atoms with Crippen LogP contribution < -0.4 is 14.8 Å². The Morgan fingerprint density at radius 1 is 1.40 bits per heavy atom. The summed E-state index contributed by atoms with van der Waals surface area (Å²) in [5.41, 5.74) is 0.806. The van der Waals surface area contributed by atoms with E-state index in [0.717, 1.165) is 17.4 Å². The molecular weight excluding hydrogens is 302 g/mol. The van der Waals surface area contributed by atoms with Crippen molar-refractivity contribution in [2.75, 3.05) is 17.9 Å². The van der Waals surface area contributed by atoms with E-state index in [4.69, 9.17) is 14.6 Å². The predicted molar refractivity (Wildman–Crippen MR) is 74.1 cm³/mol. The van der Waals surface area contributed by atoms with E-state index in [0.29, 0.717) is 21.0 Å².